The molecule has 1 saturated heterocycles. The molecule has 0 radical (unpaired) electrons. The summed E-state index contributed by atoms with van der Waals surface area (Å²) in [4.78, 5) is 32.9. The van der Waals surface area contributed by atoms with E-state index in [1.54, 1.807) is 36.9 Å². The number of anilines is 2. The van der Waals surface area contributed by atoms with Gasteiger partial charge < -0.3 is 10.2 Å². The lowest BCUT2D eigenvalue weighted by Gasteiger charge is -2.32. The van der Waals surface area contributed by atoms with E-state index in [9.17, 15) is 4.79 Å². The Hall–Kier alpha value is -4.13. The fraction of sp³-hybridized carbons (Fsp3) is 0.192. The molecule has 1 aliphatic rings. The van der Waals surface area contributed by atoms with Gasteiger partial charge in [0.2, 0.25) is 0 Å². The number of nitrogens with one attached hydrogen (secondary N) is 1. The topological polar surface area (TPSA) is 83.9 Å². The van der Waals surface area contributed by atoms with Crippen molar-refractivity contribution in [2.24, 2.45) is 0 Å². The van der Waals surface area contributed by atoms with Crippen LogP contribution in [0.3, 0.4) is 0 Å². The number of likely N-dealkylation sites (tertiary alicyclic amines) is 1. The van der Waals surface area contributed by atoms with Gasteiger partial charge in [0.1, 0.15) is 11.6 Å². The monoisotopic (exact) mass is 436 g/mol. The number of hydrogen-bond acceptors (Lipinski definition) is 6. The summed E-state index contributed by atoms with van der Waals surface area (Å²) in [5.41, 5.74) is 3.37. The van der Waals surface area contributed by atoms with E-state index in [1.807, 2.05) is 53.4 Å². The van der Waals surface area contributed by atoms with Gasteiger partial charge in [-0.1, -0.05) is 18.2 Å². The molecular formula is C26H24N6O. The van der Waals surface area contributed by atoms with Gasteiger partial charge in [-0.3, -0.25) is 14.8 Å². The normalized spacial score (nSPS) is 15.8. The predicted molar refractivity (Wildman–Crippen MR) is 127 cm³/mol. The number of carbonyl (C=O) groups excluding carboxylic acids is 1. The summed E-state index contributed by atoms with van der Waals surface area (Å²) in [7, 11) is 0. The molecule has 0 bridgehead atoms. The second kappa shape index (κ2) is 9.56. The van der Waals surface area contributed by atoms with Crippen molar-refractivity contribution in [3.63, 3.8) is 0 Å². The third-order valence-electron chi connectivity index (χ3n) is 5.75. The van der Waals surface area contributed by atoms with E-state index in [1.165, 1.54) is 0 Å². The van der Waals surface area contributed by atoms with E-state index in [0.717, 1.165) is 48.0 Å². The van der Waals surface area contributed by atoms with Crippen LogP contribution in [0.5, 0.6) is 0 Å². The number of carbonyl (C=O) groups is 1. The first kappa shape index (κ1) is 20.8. The molecule has 5 rings (SSSR count). The summed E-state index contributed by atoms with van der Waals surface area (Å²) in [6, 6.07) is 19.4. The van der Waals surface area contributed by atoms with Gasteiger partial charge in [-0.15, -0.1) is 0 Å². The Bertz CT molecular complexity index is 1220. The molecule has 3 aromatic heterocycles. The molecule has 7 heteroatoms. The maximum Gasteiger partial charge on any atom is 0.255 e. The first-order valence-corrected chi connectivity index (χ1v) is 11.1. The summed E-state index contributed by atoms with van der Waals surface area (Å²) in [6.45, 7) is 1.31. The molecule has 0 unspecified atom stereocenters. The molecule has 7 nitrogen and oxygen atoms in total. The number of aromatic nitrogens is 4. The van der Waals surface area contributed by atoms with Crippen LogP contribution in [0.25, 0.3) is 11.3 Å². The minimum atomic E-state index is 0.000669. The second-order valence-electron chi connectivity index (χ2n) is 8.06. The van der Waals surface area contributed by atoms with Crippen molar-refractivity contribution in [1.29, 1.82) is 0 Å². The van der Waals surface area contributed by atoms with E-state index >= 15 is 0 Å². The number of amides is 1. The van der Waals surface area contributed by atoms with Crippen LogP contribution in [-0.2, 0) is 0 Å². The zero-order chi connectivity index (χ0) is 22.5. The van der Waals surface area contributed by atoms with Crippen molar-refractivity contribution < 1.29 is 4.79 Å². The number of rotatable bonds is 5. The van der Waals surface area contributed by atoms with E-state index in [2.05, 4.69) is 15.3 Å². The van der Waals surface area contributed by atoms with Crippen molar-refractivity contribution in [2.45, 2.75) is 18.8 Å². The number of piperidine rings is 1. The molecule has 0 saturated carbocycles. The van der Waals surface area contributed by atoms with Gasteiger partial charge in [-0.05, 0) is 49.2 Å². The van der Waals surface area contributed by atoms with Crippen LogP contribution < -0.4 is 5.32 Å². The van der Waals surface area contributed by atoms with Gasteiger partial charge in [0.15, 0.2) is 0 Å². The highest BCUT2D eigenvalue weighted by Crippen LogP contribution is 2.29. The van der Waals surface area contributed by atoms with Crippen molar-refractivity contribution in [3.8, 4) is 11.3 Å². The molecule has 1 atom stereocenters. The number of hydrogen-bond donors (Lipinski definition) is 1. The zero-order valence-corrected chi connectivity index (χ0v) is 18.1. The Morgan fingerprint density at radius 1 is 0.939 bits per heavy atom. The highest BCUT2D eigenvalue weighted by Gasteiger charge is 2.28. The molecule has 1 fully saturated rings. The lowest BCUT2D eigenvalue weighted by atomic mass is 9.96. The van der Waals surface area contributed by atoms with E-state index in [0.29, 0.717) is 12.1 Å². The van der Waals surface area contributed by atoms with E-state index < -0.39 is 0 Å². The Kier molecular flexibility index (Phi) is 6.01. The molecular weight excluding hydrogens is 412 g/mol. The summed E-state index contributed by atoms with van der Waals surface area (Å²) in [5.74, 6) is 1.53. The Labute approximate surface area is 192 Å². The SMILES string of the molecule is O=C(c1cccnc1)N1CCC[C@@H](c2nc(Nc3ccccc3)cc(-c3ccncc3)n2)C1. The smallest absolute Gasteiger partial charge is 0.255 e. The van der Waals surface area contributed by atoms with Gasteiger partial charge in [0.25, 0.3) is 5.91 Å². The Morgan fingerprint density at radius 2 is 1.79 bits per heavy atom. The van der Waals surface area contributed by atoms with Gasteiger partial charge in [-0.25, -0.2) is 9.97 Å². The lowest BCUT2D eigenvalue weighted by Crippen LogP contribution is -2.39. The molecule has 1 amide bonds. The zero-order valence-electron chi connectivity index (χ0n) is 18.1. The van der Waals surface area contributed by atoms with Crippen molar-refractivity contribution >= 4 is 17.4 Å². The van der Waals surface area contributed by atoms with Gasteiger partial charge in [-0.2, -0.15) is 0 Å². The number of para-hydroxylation sites is 1. The predicted octanol–water partition coefficient (Wildman–Crippen LogP) is 4.70. The van der Waals surface area contributed by atoms with Crippen LogP contribution in [0.4, 0.5) is 11.5 Å². The van der Waals surface area contributed by atoms with Crippen LogP contribution in [-0.4, -0.2) is 43.8 Å². The summed E-state index contributed by atoms with van der Waals surface area (Å²) < 4.78 is 0. The fourth-order valence-electron chi connectivity index (χ4n) is 4.10. The Morgan fingerprint density at radius 3 is 2.58 bits per heavy atom. The maximum absolute atomic E-state index is 13.0. The van der Waals surface area contributed by atoms with E-state index in [4.69, 9.17) is 9.97 Å². The third-order valence-corrected chi connectivity index (χ3v) is 5.75. The average molecular weight is 437 g/mol. The number of pyridine rings is 2. The largest absolute Gasteiger partial charge is 0.340 e. The molecule has 33 heavy (non-hydrogen) atoms. The third kappa shape index (κ3) is 4.87. The highest BCUT2D eigenvalue weighted by molar-refractivity contribution is 5.94. The van der Waals surface area contributed by atoms with Crippen molar-refractivity contribution in [1.82, 2.24) is 24.8 Å². The molecule has 4 heterocycles. The van der Waals surface area contributed by atoms with Gasteiger partial charge >= 0.3 is 0 Å². The summed E-state index contributed by atoms with van der Waals surface area (Å²) >= 11 is 0. The van der Waals surface area contributed by atoms with Crippen LogP contribution >= 0.6 is 0 Å². The van der Waals surface area contributed by atoms with Gasteiger partial charge in [0, 0.05) is 61.1 Å². The molecule has 4 aromatic rings. The quantitative estimate of drug-likeness (QED) is 0.488. The molecule has 164 valence electrons. The van der Waals surface area contributed by atoms with Crippen LogP contribution in [0, 0.1) is 0 Å². The van der Waals surface area contributed by atoms with Crippen molar-refractivity contribution in [3.05, 3.63) is 96.8 Å². The fourth-order valence-corrected chi connectivity index (χ4v) is 4.10. The molecule has 0 spiro atoms. The standard InChI is InChI=1S/C26H24N6O/c33-26(20-6-4-12-28-17-20)32-15-5-7-21(18-32)25-30-23(19-10-13-27-14-11-19)16-24(31-25)29-22-8-2-1-3-9-22/h1-4,6,8-14,16-17,21H,5,7,15,18H2,(H,29,30,31)/t21-/m1/s1. The summed E-state index contributed by atoms with van der Waals surface area (Å²) in [6.07, 6.45) is 8.65. The molecule has 1 aliphatic heterocycles. The first-order chi connectivity index (χ1) is 16.3. The van der Waals surface area contributed by atoms with Gasteiger partial charge in [0.05, 0.1) is 11.3 Å². The van der Waals surface area contributed by atoms with Crippen LogP contribution in [0.15, 0.2) is 85.5 Å². The number of benzene rings is 1. The van der Waals surface area contributed by atoms with Crippen LogP contribution in [0.1, 0.15) is 34.9 Å². The first-order valence-electron chi connectivity index (χ1n) is 11.1. The number of nitrogens with zero attached hydrogens (tertiary/aromatic N) is 5. The minimum Gasteiger partial charge on any atom is -0.340 e. The maximum atomic E-state index is 13.0. The Balaban J connectivity index is 1.46. The second-order valence-corrected chi connectivity index (χ2v) is 8.06. The average Bonchev–Trinajstić information content (AvgIpc) is 2.90. The molecule has 1 aromatic carbocycles. The molecule has 1 N–H and O–H groups in total. The lowest BCUT2D eigenvalue weighted by molar-refractivity contribution is 0.0704. The molecule has 0 aliphatic carbocycles. The highest BCUT2D eigenvalue weighted by atomic mass is 16.2. The van der Waals surface area contributed by atoms with E-state index in [-0.39, 0.29) is 11.8 Å². The summed E-state index contributed by atoms with van der Waals surface area (Å²) in [5, 5.41) is 3.40. The van der Waals surface area contributed by atoms with Crippen molar-refractivity contribution in [2.75, 3.05) is 18.4 Å². The minimum absolute atomic E-state index is 0.000669. The van der Waals surface area contributed by atoms with Crippen LogP contribution in [0.2, 0.25) is 0 Å².